The largest absolute Gasteiger partial charge is 0.352 e. The molecular formula is C18H21FN4O3S. The highest BCUT2D eigenvalue weighted by Crippen LogP contribution is 2.21. The number of sulfonamides is 1. The van der Waals surface area contributed by atoms with Gasteiger partial charge in [0, 0.05) is 32.0 Å². The summed E-state index contributed by atoms with van der Waals surface area (Å²) in [4.78, 5) is 19.7. The lowest BCUT2D eigenvalue weighted by molar-refractivity contribution is 0.0940. The maximum Gasteiger partial charge on any atom is 0.254 e. The Hall–Kier alpha value is -2.39. The Morgan fingerprint density at radius 3 is 2.63 bits per heavy atom. The van der Waals surface area contributed by atoms with Gasteiger partial charge in [0.2, 0.25) is 10.0 Å². The highest BCUT2D eigenvalue weighted by molar-refractivity contribution is 7.88. The van der Waals surface area contributed by atoms with Crippen LogP contribution in [0, 0.1) is 11.7 Å². The molecule has 0 aliphatic carbocycles. The standard InChI is InChI=1S/C18H21FN4O3S/c19-17-5-3-14(4-6-17)12-27(25,26)23-7-1-2-15(11-23)8-22-18(24)16-9-20-13-21-10-16/h3-6,9-10,13,15H,1-2,7-8,11-12H2,(H,22,24). The van der Waals surface area contributed by atoms with Gasteiger partial charge in [-0.1, -0.05) is 12.1 Å². The third kappa shape index (κ3) is 5.30. The number of hydrogen-bond acceptors (Lipinski definition) is 5. The smallest absolute Gasteiger partial charge is 0.254 e. The van der Waals surface area contributed by atoms with Crippen LogP contribution in [-0.2, 0) is 15.8 Å². The molecule has 1 fully saturated rings. The van der Waals surface area contributed by atoms with Crippen LogP contribution in [-0.4, -0.2) is 48.2 Å². The van der Waals surface area contributed by atoms with Crippen molar-refractivity contribution in [2.75, 3.05) is 19.6 Å². The summed E-state index contributed by atoms with van der Waals surface area (Å²) in [5, 5.41) is 2.81. The third-order valence-electron chi connectivity index (χ3n) is 4.51. The molecule has 144 valence electrons. The van der Waals surface area contributed by atoms with E-state index in [-0.39, 0.29) is 17.6 Å². The summed E-state index contributed by atoms with van der Waals surface area (Å²) in [5.41, 5.74) is 0.921. The lowest BCUT2D eigenvalue weighted by atomic mass is 9.99. The second-order valence-corrected chi connectivity index (χ2v) is 8.56. The van der Waals surface area contributed by atoms with Crippen molar-refractivity contribution in [1.29, 1.82) is 0 Å². The molecule has 1 saturated heterocycles. The van der Waals surface area contributed by atoms with Gasteiger partial charge in [-0.2, -0.15) is 0 Å². The quantitative estimate of drug-likeness (QED) is 0.806. The van der Waals surface area contributed by atoms with Crippen molar-refractivity contribution >= 4 is 15.9 Å². The molecular weight excluding hydrogens is 371 g/mol. The number of rotatable bonds is 6. The predicted octanol–water partition coefficient (Wildman–Crippen LogP) is 1.59. The first-order chi connectivity index (χ1) is 12.9. The Labute approximate surface area is 157 Å². The van der Waals surface area contributed by atoms with E-state index >= 15 is 0 Å². The van der Waals surface area contributed by atoms with Crippen molar-refractivity contribution in [2.24, 2.45) is 5.92 Å². The van der Waals surface area contributed by atoms with Gasteiger partial charge in [-0.15, -0.1) is 0 Å². The van der Waals surface area contributed by atoms with Gasteiger partial charge in [-0.25, -0.2) is 27.1 Å². The molecule has 1 aliphatic heterocycles. The van der Waals surface area contributed by atoms with E-state index in [1.54, 1.807) is 0 Å². The summed E-state index contributed by atoms with van der Waals surface area (Å²) in [5.74, 6) is -0.792. The summed E-state index contributed by atoms with van der Waals surface area (Å²) in [7, 11) is -3.49. The molecule has 1 aliphatic rings. The minimum atomic E-state index is -3.49. The number of carbonyl (C=O) groups is 1. The zero-order chi connectivity index (χ0) is 19.3. The lowest BCUT2D eigenvalue weighted by Crippen LogP contribution is -2.44. The van der Waals surface area contributed by atoms with Gasteiger partial charge in [0.1, 0.15) is 12.1 Å². The fourth-order valence-corrected chi connectivity index (χ4v) is 4.73. The molecule has 1 unspecified atom stereocenters. The molecule has 9 heteroatoms. The summed E-state index contributed by atoms with van der Waals surface area (Å²) >= 11 is 0. The zero-order valence-electron chi connectivity index (χ0n) is 14.7. The van der Waals surface area contributed by atoms with Crippen LogP contribution in [0.15, 0.2) is 43.0 Å². The Morgan fingerprint density at radius 2 is 1.93 bits per heavy atom. The van der Waals surface area contributed by atoms with Gasteiger partial charge < -0.3 is 5.32 Å². The lowest BCUT2D eigenvalue weighted by Gasteiger charge is -2.32. The molecule has 0 radical (unpaired) electrons. The van der Waals surface area contributed by atoms with Gasteiger partial charge in [-0.3, -0.25) is 4.79 Å². The van der Waals surface area contributed by atoms with E-state index in [1.807, 2.05) is 0 Å². The molecule has 27 heavy (non-hydrogen) atoms. The topological polar surface area (TPSA) is 92.3 Å². The van der Waals surface area contributed by atoms with E-state index in [0.717, 1.165) is 12.8 Å². The van der Waals surface area contributed by atoms with Crippen LogP contribution >= 0.6 is 0 Å². The highest BCUT2D eigenvalue weighted by Gasteiger charge is 2.29. The number of hydrogen-bond donors (Lipinski definition) is 1. The number of carbonyl (C=O) groups excluding carboxylic acids is 1. The number of piperidine rings is 1. The number of halogens is 1. The van der Waals surface area contributed by atoms with Gasteiger partial charge in [0.05, 0.1) is 11.3 Å². The van der Waals surface area contributed by atoms with Gasteiger partial charge in [0.25, 0.3) is 5.91 Å². The molecule has 2 heterocycles. The molecule has 1 aromatic carbocycles. The summed E-state index contributed by atoms with van der Waals surface area (Å²) in [6, 6.07) is 5.48. The number of benzene rings is 1. The number of aromatic nitrogens is 2. The molecule has 0 spiro atoms. The second kappa shape index (κ2) is 8.53. The van der Waals surface area contributed by atoms with Crippen LogP contribution in [0.5, 0.6) is 0 Å². The molecule has 1 aromatic heterocycles. The number of nitrogens with zero attached hydrogens (tertiary/aromatic N) is 3. The minimum Gasteiger partial charge on any atom is -0.352 e. The van der Waals surface area contributed by atoms with E-state index < -0.39 is 15.8 Å². The number of amides is 1. The van der Waals surface area contributed by atoms with E-state index in [1.165, 1.54) is 47.3 Å². The van der Waals surface area contributed by atoms with Crippen molar-refractivity contribution in [1.82, 2.24) is 19.6 Å². The Bertz CT molecular complexity index is 875. The predicted molar refractivity (Wildman–Crippen MR) is 97.7 cm³/mol. The average Bonchev–Trinajstić information content (AvgIpc) is 2.69. The van der Waals surface area contributed by atoms with Gasteiger partial charge >= 0.3 is 0 Å². The van der Waals surface area contributed by atoms with Crippen LogP contribution in [0.3, 0.4) is 0 Å². The Kier molecular flexibility index (Phi) is 6.12. The van der Waals surface area contributed by atoms with Crippen molar-refractivity contribution in [3.05, 3.63) is 59.9 Å². The highest BCUT2D eigenvalue weighted by atomic mass is 32.2. The molecule has 7 nitrogen and oxygen atoms in total. The van der Waals surface area contributed by atoms with E-state index in [0.29, 0.717) is 30.8 Å². The van der Waals surface area contributed by atoms with E-state index in [2.05, 4.69) is 15.3 Å². The van der Waals surface area contributed by atoms with Crippen molar-refractivity contribution in [3.63, 3.8) is 0 Å². The number of nitrogens with one attached hydrogen (secondary N) is 1. The molecule has 2 aromatic rings. The van der Waals surface area contributed by atoms with Gasteiger partial charge in [0.15, 0.2) is 0 Å². The minimum absolute atomic E-state index is 0.0373. The maximum atomic E-state index is 13.0. The third-order valence-corrected chi connectivity index (χ3v) is 6.33. The molecule has 1 atom stereocenters. The Balaban J connectivity index is 1.56. The maximum absolute atomic E-state index is 13.0. The molecule has 3 rings (SSSR count). The molecule has 0 bridgehead atoms. The van der Waals surface area contributed by atoms with Crippen LogP contribution in [0.2, 0.25) is 0 Å². The fourth-order valence-electron chi connectivity index (χ4n) is 3.08. The van der Waals surface area contributed by atoms with Crippen LogP contribution < -0.4 is 5.32 Å². The van der Waals surface area contributed by atoms with E-state index in [9.17, 15) is 17.6 Å². The SMILES string of the molecule is O=C(NCC1CCCN(S(=O)(=O)Cc2ccc(F)cc2)C1)c1cncnc1. The van der Waals surface area contributed by atoms with Crippen LogP contribution in [0.1, 0.15) is 28.8 Å². The van der Waals surface area contributed by atoms with Crippen molar-refractivity contribution in [3.8, 4) is 0 Å². The summed E-state index contributed by atoms with van der Waals surface area (Å²) in [6.45, 7) is 1.20. The van der Waals surface area contributed by atoms with Crippen LogP contribution in [0.4, 0.5) is 4.39 Å². The first-order valence-corrected chi connectivity index (χ1v) is 10.3. The van der Waals surface area contributed by atoms with E-state index in [4.69, 9.17) is 0 Å². The molecule has 0 saturated carbocycles. The second-order valence-electron chi connectivity index (χ2n) is 6.59. The monoisotopic (exact) mass is 392 g/mol. The molecule has 1 amide bonds. The normalized spacial score (nSPS) is 18.2. The first-order valence-electron chi connectivity index (χ1n) is 8.69. The first kappa shape index (κ1) is 19.4. The summed E-state index contributed by atoms with van der Waals surface area (Å²) in [6.07, 6.45) is 5.79. The van der Waals surface area contributed by atoms with Crippen molar-refractivity contribution < 1.29 is 17.6 Å². The fraction of sp³-hybridized carbons (Fsp3) is 0.389. The van der Waals surface area contributed by atoms with Crippen molar-refractivity contribution in [2.45, 2.75) is 18.6 Å². The zero-order valence-corrected chi connectivity index (χ0v) is 15.5. The Morgan fingerprint density at radius 1 is 1.22 bits per heavy atom. The van der Waals surface area contributed by atoms with Gasteiger partial charge in [-0.05, 0) is 36.5 Å². The average molecular weight is 392 g/mol. The van der Waals surface area contributed by atoms with Crippen LogP contribution in [0.25, 0.3) is 0 Å². The summed E-state index contributed by atoms with van der Waals surface area (Å²) < 4.78 is 39.8. The molecule has 1 N–H and O–H groups in total.